The molecule has 7 heavy (non-hydrogen) atoms. The van der Waals surface area contributed by atoms with Gasteiger partial charge in [-0.3, -0.25) is 0 Å². The van der Waals surface area contributed by atoms with Crippen LogP contribution in [0.25, 0.3) is 0 Å². The molecule has 0 aliphatic heterocycles. The molecular weight excluding hydrogens is 432 g/mol. The number of Topliss-reactive ketones (excluding diaryl/α,β-unsaturated/α-hetero) is 1. The summed E-state index contributed by atoms with van der Waals surface area (Å²) >= 11 is 2.63. The van der Waals surface area contributed by atoms with Crippen LogP contribution in [0.1, 0.15) is 6.92 Å². The summed E-state index contributed by atoms with van der Waals surface area (Å²) in [6.45, 7) is 1.60. The van der Waals surface area contributed by atoms with Crippen LogP contribution in [0.2, 0.25) is 0 Å². The fourth-order valence-corrected chi connectivity index (χ4v) is 0.679. The molecule has 0 rings (SSSR count). The van der Waals surface area contributed by atoms with Crippen molar-refractivity contribution < 1.29 is 43.5 Å². The molecule has 0 heterocycles. The van der Waals surface area contributed by atoms with E-state index >= 15 is 0 Å². The van der Waals surface area contributed by atoms with Crippen molar-refractivity contribution in [2.75, 3.05) is 0 Å². The summed E-state index contributed by atoms with van der Waals surface area (Å²) in [7, 11) is 0. The first kappa shape index (κ1) is 7.79. The molecule has 0 aromatic rings. The van der Waals surface area contributed by atoms with Crippen molar-refractivity contribution in [1.82, 2.24) is 0 Å². The van der Waals surface area contributed by atoms with Crippen LogP contribution < -0.4 is 0 Å². The SMILES string of the molecule is CC(=O)[C](=[W])[CH]=[W]. The van der Waals surface area contributed by atoms with Crippen LogP contribution in [0, 0.1) is 0 Å². The second kappa shape index (κ2) is 3.75. The summed E-state index contributed by atoms with van der Waals surface area (Å²) in [6.07, 6.45) is 0. The molecule has 0 atom stereocenters. The van der Waals surface area contributed by atoms with E-state index in [9.17, 15) is 4.79 Å². The zero-order chi connectivity index (χ0) is 5.86. The van der Waals surface area contributed by atoms with Crippen LogP contribution in [-0.4, -0.2) is 14.1 Å². The van der Waals surface area contributed by atoms with Gasteiger partial charge in [-0.15, -0.1) is 0 Å². The Morgan fingerprint density at radius 1 is 1.71 bits per heavy atom. The number of carbonyl (C=O) groups excluding carboxylic acids is 1. The van der Waals surface area contributed by atoms with Crippen molar-refractivity contribution >= 4 is 14.1 Å². The Balaban J connectivity index is 3.81. The summed E-state index contributed by atoms with van der Waals surface area (Å²) in [5, 5.41) is 0. The normalized spacial score (nSPS) is 7.57. The maximum absolute atomic E-state index is 10.3. The van der Waals surface area contributed by atoms with Gasteiger partial charge in [0.1, 0.15) is 0 Å². The third-order valence-corrected chi connectivity index (χ3v) is 5.09. The van der Waals surface area contributed by atoms with Crippen LogP contribution in [0.15, 0.2) is 0 Å². The zero-order valence-corrected chi connectivity index (χ0v) is 9.67. The second-order valence-electron chi connectivity index (χ2n) is 1.04. The van der Waals surface area contributed by atoms with Gasteiger partial charge in [-0.25, -0.2) is 0 Å². The van der Waals surface area contributed by atoms with E-state index in [1.807, 2.05) is 4.40 Å². The first-order valence-electron chi connectivity index (χ1n) is 1.68. The minimum absolute atomic E-state index is 0.213. The molecule has 0 N–H and O–H groups in total. The number of hydrogen-bond acceptors (Lipinski definition) is 1. The van der Waals surface area contributed by atoms with E-state index in [1.54, 1.807) is 6.92 Å². The molecular formula is C4H4OW2. The number of carbonyl (C=O) groups is 1. The molecule has 0 fully saturated rings. The van der Waals surface area contributed by atoms with Gasteiger partial charge in [0.15, 0.2) is 0 Å². The average Bonchev–Trinajstić information content (AvgIpc) is 1.65. The molecule has 3 heteroatoms. The van der Waals surface area contributed by atoms with Gasteiger partial charge < -0.3 is 0 Å². The van der Waals surface area contributed by atoms with Gasteiger partial charge >= 0.3 is 64.5 Å². The van der Waals surface area contributed by atoms with Gasteiger partial charge in [-0.1, -0.05) is 0 Å². The van der Waals surface area contributed by atoms with Gasteiger partial charge in [-0.05, 0) is 0 Å². The Morgan fingerprint density at radius 3 is 2.14 bits per heavy atom. The van der Waals surface area contributed by atoms with Crippen molar-refractivity contribution in [3.05, 3.63) is 0 Å². The molecule has 0 bridgehead atoms. The Kier molecular flexibility index (Phi) is 4.17. The predicted molar refractivity (Wildman–Crippen MR) is 21.8 cm³/mol. The van der Waals surface area contributed by atoms with E-state index in [0.29, 0.717) is 0 Å². The summed E-state index contributed by atoms with van der Waals surface area (Å²) in [6, 6.07) is 0. The van der Waals surface area contributed by atoms with Crippen molar-refractivity contribution in [3.63, 3.8) is 0 Å². The molecule has 0 spiro atoms. The van der Waals surface area contributed by atoms with E-state index in [2.05, 4.69) is 0 Å². The summed E-state index contributed by atoms with van der Waals surface area (Å²) in [4.78, 5) is 10.3. The summed E-state index contributed by atoms with van der Waals surface area (Å²) < 4.78 is 2.88. The predicted octanol–water partition coefficient (Wildman–Crippen LogP) is -0.356. The Morgan fingerprint density at radius 2 is 2.14 bits per heavy atom. The quantitative estimate of drug-likeness (QED) is 0.579. The average molecular weight is 436 g/mol. The first-order valence-corrected chi connectivity index (χ1v) is 4.84. The van der Waals surface area contributed by atoms with Crippen LogP contribution in [0.5, 0.6) is 0 Å². The van der Waals surface area contributed by atoms with E-state index < -0.39 is 0 Å². The molecule has 0 saturated heterocycles. The fourth-order valence-electron chi connectivity index (χ4n) is 0.0830. The van der Waals surface area contributed by atoms with Gasteiger partial charge in [0.25, 0.3) is 0 Å². The summed E-state index contributed by atoms with van der Waals surface area (Å²) in [5.74, 6) is 0.213. The van der Waals surface area contributed by atoms with E-state index in [-0.39, 0.29) is 5.78 Å². The zero-order valence-electron chi connectivity index (χ0n) is 3.80. The standard InChI is InChI=1S/C4H4O.2W/c1-3-4(2)5;;/h1H,2H3;;. The maximum atomic E-state index is 10.3. The first-order chi connectivity index (χ1) is 3.18. The molecule has 38 valence electrons. The van der Waals surface area contributed by atoms with Gasteiger partial charge in [0.05, 0.1) is 0 Å². The molecule has 0 amide bonds. The van der Waals surface area contributed by atoms with Crippen molar-refractivity contribution in [3.8, 4) is 0 Å². The molecule has 0 radical (unpaired) electrons. The van der Waals surface area contributed by atoms with E-state index in [4.69, 9.17) is 0 Å². The molecule has 0 aliphatic rings. The van der Waals surface area contributed by atoms with Gasteiger partial charge in [0.2, 0.25) is 0 Å². The third kappa shape index (κ3) is 3.38. The molecule has 0 aromatic carbocycles. The molecule has 0 saturated carbocycles. The van der Waals surface area contributed by atoms with Crippen LogP contribution >= 0.6 is 0 Å². The second-order valence-corrected chi connectivity index (χ2v) is 3.47. The van der Waals surface area contributed by atoms with Crippen molar-refractivity contribution in [1.29, 1.82) is 0 Å². The van der Waals surface area contributed by atoms with Gasteiger partial charge in [-0.2, -0.15) is 0 Å². The number of rotatable bonds is 2. The molecule has 0 aliphatic carbocycles. The third-order valence-electron chi connectivity index (χ3n) is 0.454. The molecule has 0 aromatic heterocycles. The monoisotopic (exact) mass is 436 g/mol. The Hall–Kier alpha value is 0.787. The van der Waals surface area contributed by atoms with Crippen LogP contribution in [-0.2, 0) is 43.5 Å². The van der Waals surface area contributed by atoms with Crippen LogP contribution in [0.3, 0.4) is 0 Å². The van der Waals surface area contributed by atoms with Crippen molar-refractivity contribution in [2.45, 2.75) is 6.92 Å². The Bertz CT molecular complexity index is 117. The summed E-state index contributed by atoms with van der Waals surface area (Å²) in [5.41, 5.74) is 0. The van der Waals surface area contributed by atoms with E-state index in [1.165, 1.54) is 38.7 Å². The number of hydrogen-bond donors (Lipinski definition) is 0. The molecule has 1 nitrogen and oxygen atoms in total. The van der Waals surface area contributed by atoms with E-state index in [0.717, 1.165) is 3.90 Å². The fraction of sp³-hybridized carbons (Fsp3) is 0.250. The van der Waals surface area contributed by atoms with Gasteiger partial charge in [0, 0.05) is 0 Å². The van der Waals surface area contributed by atoms with Crippen molar-refractivity contribution in [2.24, 2.45) is 0 Å². The Labute approximate surface area is 64.3 Å². The molecule has 0 unspecified atom stereocenters. The van der Waals surface area contributed by atoms with Crippen LogP contribution in [0.4, 0.5) is 0 Å². The minimum atomic E-state index is 0.213. The topological polar surface area (TPSA) is 17.1 Å². The number of ketones is 1.